The molecule has 1 aliphatic heterocycles. The van der Waals surface area contributed by atoms with Crippen molar-refractivity contribution in [2.45, 2.75) is 77.5 Å². The SMILES string of the molecule is CC(NCCC(=O)NC1CC1)C1CCCN(C(=O)OC(C)(C)C)C1. The average Bonchev–Trinajstić information content (AvgIpc) is 3.29. The number of hydrogen-bond donors (Lipinski definition) is 2. The maximum atomic E-state index is 12.2. The molecule has 0 bridgehead atoms. The van der Waals surface area contributed by atoms with E-state index in [1.165, 1.54) is 0 Å². The number of rotatable bonds is 6. The van der Waals surface area contributed by atoms with Gasteiger partial charge in [-0.1, -0.05) is 0 Å². The third-order valence-corrected chi connectivity index (χ3v) is 4.58. The zero-order valence-electron chi connectivity index (χ0n) is 15.6. The second-order valence-corrected chi connectivity index (χ2v) is 8.16. The van der Waals surface area contributed by atoms with Crippen molar-refractivity contribution in [3.05, 3.63) is 0 Å². The molecule has 24 heavy (non-hydrogen) atoms. The van der Waals surface area contributed by atoms with E-state index < -0.39 is 5.60 Å². The van der Waals surface area contributed by atoms with Crippen LogP contribution >= 0.6 is 0 Å². The van der Waals surface area contributed by atoms with Gasteiger partial charge in [-0.15, -0.1) is 0 Å². The van der Waals surface area contributed by atoms with Gasteiger partial charge in [-0.3, -0.25) is 4.79 Å². The van der Waals surface area contributed by atoms with Crippen LogP contribution in [0, 0.1) is 5.92 Å². The molecule has 2 atom stereocenters. The first kappa shape index (κ1) is 19.0. The van der Waals surface area contributed by atoms with E-state index >= 15 is 0 Å². The standard InChI is InChI=1S/C18H33N3O3/c1-13(19-10-9-16(22)20-15-7-8-15)14-6-5-11-21(12-14)17(23)24-18(2,3)4/h13-15,19H,5-12H2,1-4H3,(H,20,22). The fourth-order valence-electron chi connectivity index (χ4n) is 3.02. The molecule has 1 saturated heterocycles. The van der Waals surface area contributed by atoms with E-state index in [0.29, 0.717) is 24.9 Å². The molecular weight excluding hydrogens is 306 g/mol. The summed E-state index contributed by atoms with van der Waals surface area (Å²) in [4.78, 5) is 25.7. The smallest absolute Gasteiger partial charge is 0.410 e. The molecule has 2 rings (SSSR count). The highest BCUT2D eigenvalue weighted by Crippen LogP contribution is 2.22. The number of carbonyl (C=O) groups excluding carboxylic acids is 2. The van der Waals surface area contributed by atoms with E-state index in [1.54, 1.807) is 0 Å². The van der Waals surface area contributed by atoms with Crippen LogP contribution in [0.5, 0.6) is 0 Å². The van der Waals surface area contributed by atoms with Gasteiger partial charge in [0.25, 0.3) is 0 Å². The van der Waals surface area contributed by atoms with Crippen molar-refractivity contribution in [1.29, 1.82) is 0 Å². The molecule has 0 radical (unpaired) electrons. The van der Waals surface area contributed by atoms with Crippen molar-refractivity contribution >= 4 is 12.0 Å². The quantitative estimate of drug-likeness (QED) is 0.779. The number of nitrogens with one attached hydrogen (secondary N) is 2. The van der Waals surface area contributed by atoms with Crippen LogP contribution in [0.15, 0.2) is 0 Å². The fourth-order valence-corrected chi connectivity index (χ4v) is 3.02. The van der Waals surface area contributed by atoms with Crippen LogP contribution in [-0.4, -0.2) is 54.2 Å². The lowest BCUT2D eigenvalue weighted by Gasteiger charge is -2.36. The molecule has 2 amide bonds. The summed E-state index contributed by atoms with van der Waals surface area (Å²) in [5, 5.41) is 6.45. The number of amides is 2. The van der Waals surface area contributed by atoms with Gasteiger partial charge in [0, 0.05) is 38.1 Å². The van der Waals surface area contributed by atoms with Crippen LogP contribution in [0.25, 0.3) is 0 Å². The monoisotopic (exact) mass is 339 g/mol. The van der Waals surface area contributed by atoms with Crippen LogP contribution < -0.4 is 10.6 Å². The van der Waals surface area contributed by atoms with Gasteiger partial charge in [0.05, 0.1) is 0 Å². The second-order valence-electron chi connectivity index (χ2n) is 8.16. The first-order valence-corrected chi connectivity index (χ1v) is 9.25. The zero-order chi connectivity index (χ0) is 17.7. The summed E-state index contributed by atoms with van der Waals surface area (Å²) < 4.78 is 5.47. The molecule has 2 fully saturated rings. The van der Waals surface area contributed by atoms with Crippen LogP contribution in [-0.2, 0) is 9.53 Å². The van der Waals surface area contributed by atoms with E-state index in [2.05, 4.69) is 17.6 Å². The lowest BCUT2D eigenvalue weighted by Crippen LogP contribution is -2.48. The van der Waals surface area contributed by atoms with Gasteiger partial charge in [0.2, 0.25) is 5.91 Å². The van der Waals surface area contributed by atoms with Gasteiger partial charge >= 0.3 is 6.09 Å². The molecule has 2 N–H and O–H groups in total. The molecule has 0 aromatic heterocycles. The Labute approximate surface area is 145 Å². The number of hydrogen-bond acceptors (Lipinski definition) is 4. The Morgan fingerprint density at radius 1 is 1.25 bits per heavy atom. The zero-order valence-corrected chi connectivity index (χ0v) is 15.6. The number of carbonyl (C=O) groups is 2. The maximum absolute atomic E-state index is 12.2. The van der Waals surface area contributed by atoms with Crippen LogP contribution in [0.3, 0.4) is 0 Å². The maximum Gasteiger partial charge on any atom is 0.410 e. The number of piperidine rings is 1. The lowest BCUT2D eigenvalue weighted by molar-refractivity contribution is -0.121. The number of ether oxygens (including phenoxy) is 1. The van der Waals surface area contributed by atoms with E-state index in [-0.39, 0.29) is 18.0 Å². The molecule has 1 aliphatic carbocycles. The van der Waals surface area contributed by atoms with Crippen molar-refractivity contribution in [1.82, 2.24) is 15.5 Å². The first-order valence-electron chi connectivity index (χ1n) is 9.25. The molecule has 6 heteroatoms. The summed E-state index contributed by atoms with van der Waals surface area (Å²) in [6.45, 7) is 9.99. The molecule has 0 aromatic carbocycles. The Morgan fingerprint density at radius 2 is 1.96 bits per heavy atom. The largest absolute Gasteiger partial charge is 0.444 e. The third-order valence-electron chi connectivity index (χ3n) is 4.58. The molecule has 0 aromatic rings. The summed E-state index contributed by atoms with van der Waals surface area (Å²) in [5.41, 5.74) is -0.456. The highest BCUT2D eigenvalue weighted by molar-refractivity contribution is 5.76. The molecule has 0 spiro atoms. The van der Waals surface area contributed by atoms with E-state index in [1.807, 2.05) is 25.7 Å². The molecule has 1 saturated carbocycles. The Kier molecular flexibility index (Phi) is 6.49. The molecule has 2 aliphatic rings. The van der Waals surface area contributed by atoms with Crippen molar-refractivity contribution in [3.8, 4) is 0 Å². The molecule has 138 valence electrons. The first-order chi connectivity index (χ1) is 11.2. The molecule has 2 unspecified atom stereocenters. The Hall–Kier alpha value is -1.30. The number of nitrogens with zero attached hydrogens (tertiary/aromatic N) is 1. The summed E-state index contributed by atoms with van der Waals surface area (Å²) >= 11 is 0. The van der Waals surface area contributed by atoms with Gasteiger partial charge < -0.3 is 20.3 Å². The summed E-state index contributed by atoms with van der Waals surface area (Å²) in [7, 11) is 0. The highest BCUT2D eigenvalue weighted by atomic mass is 16.6. The Morgan fingerprint density at radius 3 is 2.58 bits per heavy atom. The van der Waals surface area contributed by atoms with E-state index in [9.17, 15) is 9.59 Å². The third kappa shape index (κ3) is 6.67. The van der Waals surface area contributed by atoms with Crippen molar-refractivity contribution in [3.63, 3.8) is 0 Å². The van der Waals surface area contributed by atoms with Crippen LogP contribution in [0.1, 0.15) is 59.8 Å². The van der Waals surface area contributed by atoms with Crippen molar-refractivity contribution in [2.24, 2.45) is 5.92 Å². The molecular formula is C18H33N3O3. The average molecular weight is 339 g/mol. The summed E-state index contributed by atoms with van der Waals surface area (Å²) in [6, 6.07) is 0.708. The molecule has 6 nitrogen and oxygen atoms in total. The lowest BCUT2D eigenvalue weighted by atomic mass is 9.91. The minimum Gasteiger partial charge on any atom is -0.444 e. The van der Waals surface area contributed by atoms with Crippen LogP contribution in [0.4, 0.5) is 4.79 Å². The van der Waals surface area contributed by atoms with Gasteiger partial charge in [0.15, 0.2) is 0 Å². The van der Waals surface area contributed by atoms with Gasteiger partial charge in [-0.2, -0.15) is 0 Å². The predicted octanol–water partition coefficient (Wildman–Crippen LogP) is 2.28. The van der Waals surface area contributed by atoms with Crippen molar-refractivity contribution in [2.75, 3.05) is 19.6 Å². The van der Waals surface area contributed by atoms with Crippen molar-refractivity contribution < 1.29 is 14.3 Å². The fraction of sp³-hybridized carbons (Fsp3) is 0.889. The molecule has 1 heterocycles. The predicted molar refractivity (Wildman–Crippen MR) is 93.8 cm³/mol. The van der Waals surface area contributed by atoms with E-state index in [4.69, 9.17) is 4.74 Å². The summed E-state index contributed by atoms with van der Waals surface area (Å²) in [6.07, 6.45) is 4.64. The summed E-state index contributed by atoms with van der Waals surface area (Å²) in [5.74, 6) is 0.536. The normalized spacial score (nSPS) is 22.8. The van der Waals surface area contributed by atoms with E-state index in [0.717, 1.165) is 38.8 Å². The van der Waals surface area contributed by atoms with Gasteiger partial charge in [-0.05, 0) is 59.3 Å². The Balaban J connectivity index is 1.70. The Bertz CT molecular complexity index is 443. The number of likely N-dealkylation sites (tertiary alicyclic amines) is 1. The van der Waals surface area contributed by atoms with Crippen LogP contribution in [0.2, 0.25) is 0 Å². The second kappa shape index (κ2) is 8.19. The highest BCUT2D eigenvalue weighted by Gasteiger charge is 2.30. The van der Waals surface area contributed by atoms with Gasteiger partial charge in [-0.25, -0.2) is 4.79 Å². The minimum absolute atomic E-state index is 0.135. The topological polar surface area (TPSA) is 70.7 Å². The minimum atomic E-state index is -0.456. The van der Waals surface area contributed by atoms with Gasteiger partial charge in [0.1, 0.15) is 5.60 Å².